The van der Waals surface area contributed by atoms with E-state index in [4.69, 9.17) is 0 Å². The number of piperidine rings is 1. The lowest BCUT2D eigenvalue weighted by atomic mass is 9.97. The molecule has 0 unspecified atom stereocenters. The predicted molar refractivity (Wildman–Crippen MR) is 111 cm³/mol. The minimum Gasteiger partial charge on any atom is -0.396 e. The van der Waals surface area contributed by atoms with Crippen LogP contribution in [-0.2, 0) is 20.1 Å². The zero-order valence-electron chi connectivity index (χ0n) is 16.8. The monoisotopic (exact) mass is 385 g/mol. The van der Waals surface area contributed by atoms with Gasteiger partial charge < -0.3 is 20.6 Å². The maximum Gasteiger partial charge on any atom is 0.191 e. The third-order valence-electron chi connectivity index (χ3n) is 5.16. The van der Waals surface area contributed by atoms with Crippen LogP contribution in [0.2, 0.25) is 0 Å². The van der Waals surface area contributed by atoms with E-state index < -0.39 is 0 Å². The Hall–Kier alpha value is -2.61. The number of aryl methyl sites for hydroxylation is 1. The summed E-state index contributed by atoms with van der Waals surface area (Å²) in [5.41, 5.74) is 2.42. The first-order valence-corrected chi connectivity index (χ1v) is 9.99. The summed E-state index contributed by atoms with van der Waals surface area (Å²) in [5, 5.41) is 19.9. The molecule has 1 aromatic carbocycles. The van der Waals surface area contributed by atoms with Gasteiger partial charge >= 0.3 is 0 Å². The molecule has 0 spiro atoms. The van der Waals surface area contributed by atoms with Crippen molar-refractivity contribution in [3.05, 3.63) is 42.0 Å². The van der Waals surface area contributed by atoms with Gasteiger partial charge in [0, 0.05) is 39.0 Å². The minimum absolute atomic E-state index is 0.309. The number of aromatic nitrogens is 3. The van der Waals surface area contributed by atoms with E-state index in [-0.39, 0.29) is 0 Å². The molecule has 8 heteroatoms. The summed E-state index contributed by atoms with van der Waals surface area (Å²) >= 11 is 0. The molecule has 152 valence electrons. The van der Waals surface area contributed by atoms with Crippen molar-refractivity contribution in [2.24, 2.45) is 18.0 Å². The number of benzene rings is 1. The van der Waals surface area contributed by atoms with Gasteiger partial charge in [0.05, 0.1) is 13.1 Å². The van der Waals surface area contributed by atoms with E-state index in [1.807, 2.05) is 14.0 Å². The summed E-state index contributed by atoms with van der Waals surface area (Å²) < 4.78 is 1.75. The number of guanidine groups is 1. The summed E-state index contributed by atoms with van der Waals surface area (Å²) in [6.07, 6.45) is 3.67. The highest BCUT2D eigenvalue weighted by Crippen LogP contribution is 2.23. The third-order valence-corrected chi connectivity index (χ3v) is 5.16. The first-order valence-electron chi connectivity index (χ1n) is 9.99. The van der Waals surface area contributed by atoms with Crippen LogP contribution in [0.5, 0.6) is 0 Å². The fourth-order valence-corrected chi connectivity index (χ4v) is 3.34. The fourth-order valence-electron chi connectivity index (χ4n) is 3.34. The van der Waals surface area contributed by atoms with Gasteiger partial charge in [0.15, 0.2) is 5.96 Å². The molecule has 3 rings (SSSR count). The molecule has 3 N–H and O–H groups in total. The Bertz CT molecular complexity index is 748. The van der Waals surface area contributed by atoms with Gasteiger partial charge in [0.1, 0.15) is 12.2 Å². The van der Waals surface area contributed by atoms with Gasteiger partial charge in [0.2, 0.25) is 0 Å². The number of hydrogen-bond donors (Lipinski definition) is 3. The van der Waals surface area contributed by atoms with Crippen molar-refractivity contribution in [1.29, 1.82) is 0 Å². The molecule has 0 bridgehead atoms. The molecule has 1 aromatic heterocycles. The second-order valence-electron chi connectivity index (χ2n) is 7.13. The molecular formula is C20H31N7O. The van der Waals surface area contributed by atoms with Gasteiger partial charge in [-0.05, 0) is 43.4 Å². The number of aliphatic hydroxyl groups is 1. The Morgan fingerprint density at radius 1 is 1.21 bits per heavy atom. The van der Waals surface area contributed by atoms with Crippen LogP contribution >= 0.6 is 0 Å². The predicted octanol–water partition coefficient (Wildman–Crippen LogP) is 1.28. The first-order chi connectivity index (χ1) is 13.7. The lowest BCUT2D eigenvalue weighted by Crippen LogP contribution is -2.37. The van der Waals surface area contributed by atoms with Gasteiger partial charge in [-0.3, -0.25) is 4.68 Å². The summed E-state index contributed by atoms with van der Waals surface area (Å²) in [7, 11) is 1.88. The van der Waals surface area contributed by atoms with Crippen molar-refractivity contribution in [2.75, 3.05) is 31.1 Å². The first kappa shape index (κ1) is 20.1. The third kappa shape index (κ3) is 5.45. The van der Waals surface area contributed by atoms with Crippen LogP contribution in [0.4, 0.5) is 5.69 Å². The van der Waals surface area contributed by atoms with Crippen LogP contribution in [-0.4, -0.2) is 52.1 Å². The highest BCUT2D eigenvalue weighted by atomic mass is 16.3. The summed E-state index contributed by atoms with van der Waals surface area (Å²) in [4.78, 5) is 11.3. The Labute approximate surface area is 166 Å². The number of rotatable bonds is 7. The summed E-state index contributed by atoms with van der Waals surface area (Å²) in [5.74, 6) is 2.09. The number of aliphatic hydroxyl groups excluding tert-OH is 1. The van der Waals surface area contributed by atoms with E-state index in [1.54, 1.807) is 11.0 Å². The van der Waals surface area contributed by atoms with Crippen LogP contribution in [0.1, 0.15) is 31.2 Å². The molecule has 2 heterocycles. The molecule has 1 saturated heterocycles. The largest absolute Gasteiger partial charge is 0.396 e. The van der Waals surface area contributed by atoms with Crippen molar-refractivity contribution in [3.8, 4) is 0 Å². The van der Waals surface area contributed by atoms with Crippen molar-refractivity contribution in [2.45, 2.75) is 32.9 Å². The molecule has 0 amide bonds. The lowest BCUT2D eigenvalue weighted by Gasteiger charge is -2.32. The number of hydrogen-bond acceptors (Lipinski definition) is 5. The second kappa shape index (κ2) is 10.1. The summed E-state index contributed by atoms with van der Waals surface area (Å²) in [6.45, 7) is 6.37. The van der Waals surface area contributed by atoms with Crippen molar-refractivity contribution < 1.29 is 5.11 Å². The normalized spacial score (nSPS) is 15.7. The average molecular weight is 386 g/mol. The van der Waals surface area contributed by atoms with E-state index in [0.29, 0.717) is 25.6 Å². The van der Waals surface area contributed by atoms with Crippen molar-refractivity contribution in [1.82, 2.24) is 25.4 Å². The minimum atomic E-state index is 0.309. The van der Waals surface area contributed by atoms with Crippen molar-refractivity contribution >= 4 is 11.6 Å². The zero-order valence-corrected chi connectivity index (χ0v) is 16.8. The SMILES string of the molecule is CCNC(=NCc1ccc(N2CCC(CO)CC2)cc1)NCc1ncnn1C. The smallest absolute Gasteiger partial charge is 0.191 e. The molecule has 8 nitrogen and oxygen atoms in total. The van der Waals surface area contributed by atoms with Gasteiger partial charge in [-0.2, -0.15) is 5.10 Å². The van der Waals surface area contributed by atoms with E-state index in [1.165, 1.54) is 11.3 Å². The molecule has 0 saturated carbocycles. The number of anilines is 1. The molecule has 1 aliphatic heterocycles. The quantitative estimate of drug-likeness (QED) is 0.491. The van der Waals surface area contributed by atoms with E-state index in [0.717, 1.165) is 44.3 Å². The van der Waals surface area contributed by atoms with E-state index in [9.17, 15) is 5.11 Å². The zero-order chi connectivity index (χ0) is 19.8. The summed E-state index contributed by atoms with van der Waals surface area (Å²) in [6, 6.07) is 8.63. The second-order valence-corrected chi connectivity index (χ2v) is 7.13. The molecule has 1 fully saturated rings. The van der Waals surface area contributed by atoms with Crippen LogP contribution in [0.25, 0.3) is 0 Å². The Morgan fingerprint density at radius 3 is 2.57 bits per heavy atom. The van der Waals surface area contributed by atoms with Gasteiger partial charge in [-0.1, -0.05) is 12.1 Å². The van der Waals surface area contributed by atoms with E-state index >= 15 is 0 Å². The number of aliphatic imine (C=N–C) groups is 1. The molecule has 0 atom stereocenters. The standard InChI is InChI=1S/C20H31N7O/c1-3-21-20(23-13-19-24-15-25-26(19)2)22-12-16-4-6-18(7-5-16)27-10-8-17(14-28)9-11-27/h4-7,15,17,28H,3,8-14H2,1-2H3,(H2,21,22,23). The van der Waals surface area contributed by atoms with Crippen LogP contribution in [0.3, 0.4) is 0 Å². The van der Waals surface area contributed by atoms with Crippen LogP contribution < -0.4 is 15.5 Å². The fraction of sp³-hybridized carbons (Fsp3) is 0.550. The molecule has 2 aromatic rings. The molecule has 0 aliphatic carbocycles. The van der Waals surface area contributed by atoms with Crippen LogP contribution in [0.15, 0.2) is 35.6 Å². The highest BCUT2D eigenvalue weighted by Gasteiger charge is 2.18. The Kier molecular flexibility index (Phi) is 7.25. The van der Waals surface area contributed by atoms with E-state index in [2.05, 4.69) is 54.9 Å². The lowest BCUT2D eigenvalue weighted by molar-refractivity contribution is 0.203. The number of nitrogens with one attached hydrogen (secondary N) is 2. The highest BCUT2D eigenvalue weighted by molar-refractivity contribution is 5.79. The molecule has 0 radical (unpaired) electrons. The molecule has 28 heavy (non-hydrogen) atoms. The Morgan fingerprint density at radius 2 is 1.96 bits per heavy atom. The molecule has 1 aliphatic rings. The average Bonchev–Trinajstić information content (AvgIpc) is 3.15. The number of nitrogens with zero attached hydrogens (tertiary/aromatic N) is 5. The maximum absolute atomic E-state index is 9.28. The topological polar surface area (TPSA) is 90.6 Å². The van der Waals surface area contributed by atoms with Gasteiger partial charge in [-0.25, -0.2) is 9.98 Å². The van der Waals surface area contributed by atoms with Crippen molar-refractivity contribution in [3.63, 3.8) is 0 Å². The van der Waals surface area contributed by atoms with Gasteiger partial charge in [-0.15, -0.1) is 0 Å². The maximum atomic E-state index is 9.28. The van der Waals surface area contributed by atoms with Gasteiger partial charge in [0.25, 0.3) is 0 Å². The van der Waals surface area contributed by atoms with Crippen LogP contribution in [0, 0.1) is 5.92 Å². The Balaban J connectivity index is 1.54. The molecular weight excluding hydrogens is 354 g/mol.